The summed E-state index contributed by atoms with van der Waals surface area (Å²) in [6, 6.07) is 17.2. The molecule has 1 aliphatic rings. The summed E-state index contributed by atoms with van der Waals surface area (Å²) in [5.74, 6) is 0.768. The van der Waals surface area contributed by atoms with E-state index in [1.165, 1.54) is 0 Å². The van der Waals surface area contributed by atoms with E-state index in [9.17, 15) is 4.79 Å². The molecule has 1 N–H and O–H groups in total. The van der Waals surface area contributed by atoms with Gasteiger partial charge in [-0.05, 0) is 31.0 Å². The number of pyridine rings is 1. The van der Waals surface area contributed by atoms with E-state index in [-0.39, 0.29) is 12.1 Å². The smallest absolute Gasteiger partial charge is 0.322 e. The molecule has 6 nitrogen and oxygen atoms in total. The summed E-state index contributed by atoms with van der Waals surface area (Å²) < 4.78 is 11.3. The largest absolute Gasteiger partial charge is 0.496 e. The molecule has 4 rings (SSSR count). The molecular weight excluding hydrogens is 366 g/mol. The highest BCUT2D eigenvalue weighted by atomic mass is 16.5. The van der Waals surface area contributed by atoms with Crippen LogP contribution in [0.5, 0.6) is 5.75 Å². The van der Waals surface area contributed by atoms with Gasteiger partial charge in [0.2, 0.25) is 0 Å². The maximum atomic E-state index is 13.2. The average molecular weight is 391 g/mol. The number of amides is 2. The number of hydrogen-bond donors (Lipinski definition) is 1. The molecule has 1 fully saturated rings. The highest BCUT2D eigenvalue weighted by molar-refractivity contribution is 5.99. The van der Waals surface area contributed by atoms with Crippen molar-refractivity contribution in [2.75, 3.05) is 25.6 Å². The van der Waals surface area contributed by atoms with Gasteiger partial charge in [0.15, 0.2) is 0 Å². The van der Waals surface area contributed by atoms with Crippen LogP contribution in [0.3, 0.4) is 0 Å². The lowest BCUT2D eigenvalue weighted by atomic mass is 10.1. The van der Waals surface area contributed by atoms with Gasteiger partial charge < -0.3 is 19.7 Å². The van der Waals surface area contributed by atoms with Gasteiger partial charge >= 0.3 is 6.03 Å². The van der Waals surface area contributed by atoms with Gasteiger partial charge in [0.1, 0.15) is 5.75 Å². The number of methoxy groups -OCH3 is 1. The first-order valence-electron chi connectivity index (χ1n) is 9.88. The van der Waals surface area contributed by atoms with Crippen LogP contribution in [-0.2, 0) is 11.3 Å². The Labute approximate surface area is 170 Å². The molecule has 1 saturated heterocycles. The molecule has 2 aromatic carbocycles. The van der Waals surface area contributed by atoms with E-state index in [1.54, 1.807) is 18.2 Å². The summed E-state index contributed by atoms with van der Waals surface area (Å²) in [5.41, 5.74) is 2.43. The number of ether oxygens (including phenoxy) is 2. The first-order chi connectivity index (χ1) is 14.2. The lowest BCUT2D eigenvalue weighted by Gasteiger charge is -2.26. The second kappa shape index (κ2) is 8.92. The van der Waals surface area contributed by atoms with Crippen LogP contribution >= 0.6 is 0 Å². The molecule has 29 heavy (non-hydrogen) atoms. The fourth-order valence-corrected chi connectivity index (χ4v) is 3.69. The molecule has 150 valence electrons. The van der Waals surface area contributed by atoms with Gasteiger partial charge in [-0.15, -0.1) is 0 Å². The van der Waals surface area contributed by atoms with Crippen molar-refractivity contribution >= 4 is 22.6 Å². The van der Waals surface area contributed by atoms with Crippen molar-refractivity contribution in [1.29, 1.82) is 0 Å². The molecule has 1 aromatic heterocycles. The maximum Gasteiger partial charge on any atom is 0.322 e. The minimum Gasteiger partial charge on any atom is -0.496 e. The van der Waals surface area contributed by atoms with Crippen LogP contribution < -0.4 is 10.1 Å². The third-order valence-corrected chi connectivity index (χ3v) is 5.16. The van der Waals surface area contributed by atoms with Crippen molar-refractivity contribution in [2.24, 2.45) is 0 Å². The first kappa shape index (κ1) is 19.2. The van der Waals surface area contributed by atoms with Gasteiger partial charge in [-0.1, -0.05) is 36.4 Å². The molecule has 0 radical (unpaired) electrons. The number of nitrogens with one attached hydrogen (secondary N) is 1. The quantitative estimate of drug-likeness (QED) is 0.674. The van der Waals surface area contributed by atoms with E-state index in [4.69, 9.17) is 9.47 Å². The second-order valence-corrected chi connectivity index (χ2v) is 7.14. The number of nitrogens with zero attached hydrogens (tertiary/aromatic N) is 2. The number of para-hydroxylation sites is 2. The Morgan fingerprint density at radius 2 is 2.07 bits per heavy atom. The lowest BCUT2D eigenvalue weighted by Crippen LogP contribution is -2.39. The van der Waals surface area contributed by atoms with Crippen molar-refractivity contribution in [3.63, 3.8) is 0 Å². The van der Waals surface area contributed by atoms with Gasteiger partial charge in [0, 0.05) is 30.3 Å². The Morgan fingerprint density at radius 3 is 2.90 bits per heavy atom. The van der Waals surface area contributed by atoms with Crippen molar-refractivity contribution in [3.05, 3.63) is 66.4 Å². The Bertz CT molecular complexity index is 981. The molecule has 0 spiro atoms. The van der Waals surface area contributed by atoms with Crippen molar-refractivity contribution in [2.45, 2.75) is 25.5 Å². The van der Waals surface area contributed by atoms with Crippen LogP contribution in [-0.4, -0.2) is 42.3 Å². The van der Waals surface area contributed by atoms with Gasteiger partial charge in [-0.3, -0.25) is 4.98 Å². The number of aromatic nitrogens is 1. The summed E-state index contributed by atoms with van der Waals surface area (Å²) >= 11 is 0. The SMILES string of the molecule is COc1ccccc1CN(CC1CCCO1)C(=O)Nc1cccc2cccnc12. The van der Waals surface area contributed by atoms with Crippen LogP contribution in [0.2, 0.25) is 0 Å². The number of urea groups is 1. The van der Waals surface area contributed by atoms with Gasteiger partial charge in [0.05, 0.1) is 31.0 Å². The summed E-state index contributed by atoms with van der Waals surface area (Å²) in [6.45, 7) is 1.72. The minimum atomic E-state index is -0.176. The van der Waals surface area contributed by atoms with Crippen molar-refractivity contribution in [3.8, 4) is 5.75 Å². The maximum absolute atomic E-state index is 13.2. The number of fused-ring (bicyclic) bond motifs is 1. The van der Waals surface area contributed by atoms with Crippen LogP contribution in [0, 0.1) is 0 Å². The van der Waals surface area contributed by atoms with E-state index in [0.29, 0.717) is 18.8 Å². The summed E-state index contributed by atoms with van der Waals surface area (Å²) in [5, 5.41) is 4.03. The minimum absolute atomic E-state index is 0.0566. The van der Waals surface area contributed by atoms with Gasteiger partial charge in [-0.25, -0.2) is 4.79 Å². The first-order valence-corrected chi connectivity index (χ1v) is 9.88. The Morgan fingerprint density at radius 1 is 1.21 bits per heavy atom. The van der Waals surface area contributed by atoms with E-state index in [2.05, 4.69) is 10.3 Å². The molecule has 1 unspecified atom stereocenters. The highest BCUT2D eigenvalue weighted by Crippen LogP contribution is 2.24. The highest BCUT2D eigenvalue weighted by Gasteiger charge is 2.24. The molecule has 2 heterocycles. The van der Waals surface area contributed by atoms with Crippen LogP contribution in [0.25, 0.3) is 10.9 Å². The third-order valence-electron chi connectivity index (χ3n) is 5.16. The molecule has 3 aromatic rings. The zero-order chi connectivity index (χ0) is 20.1. The third kappa shape index (κ3) is 4.49. The Balaban J connectivity index is 1.58. The van der Waals surface area contributed by atoms with E-state index < -0.39 is 0 Å². The molecular formula is C23H25N3O3. The zero-order valence-corrected chi connectivity index (χ0v) is 16.5. The van der Waals surface area contributed by atoms with Gasteiger partial charge in [-0.2, -0.15) is 0 Å². The number of carbonyl (C=O) groups excluding carboxylic acids is 1. The number of benzene rings is 2. The number of rotatable bonds is 6. The van der Waals surface area contributed by atoms with Crippen LogP contribution in [0.4, 0.5) is 10.5 Å². The molecule has 2 amide bonds. The molecule has 1 atom stereocenters. The van der Waals surface area contributed by atoms with Crippen LogP contribution in [0.1, 0.15) is 18.4 Å². The molecule has 0 saturated carbocycles. The Hall–Kier alpha value is -3.12. The van der Waals surface area contributed by atoms with Crippen molar-refractivity contribution < 1.29 is 14.3 Å². The lowest BCUT2D eigenvalue weighted by molar-refractivity contribution is 0.0817. The number of anilines is 1. The van der Waals surface area contributed by atoms with Gasteiger partial charge in [0.25, 0.3) is 0 Å². The van der Waals surface area contributed by atoms with Crippen LogP contribution in [0.15, 0.2) is 60.8 Å². The topological polar surface area (TPSA) is 63.7 Å². The molecule has 6 heteroatoms. The molecule has 0 aliphatic carbocycles. The zero-order valence-electron chi connectivity index (χ0n) is 16.5. The summed E-state index contributed by atoms with van der Waals surface area (Å²) in [4.78, 5) is 19.5. The fraction of sp³-hybridized carbons (Fsp3) is 0.304. The van der Waals surface area contributed by atoms with E-state index in [1.807, 2.05) is 54.6 Å². The van der Waals surface area contributed by atoms with Crippen molar-refractivity contribution in [1.82, 2.24) is 9.88 Å². The normalized spacial score (nSPS) is 16.0. The number of hydrogen-bond acceptors (Lipinski definition) is 4. The summed E-state index contributed by atoms with van der Waals surface area (Å²) in [6.07, 6.45) is 3.78. The summed E-state index contributed by atoms with van der Waals surface area (Å²) in [7, 11) is 1.64. The van der Waals surface area contributed by atoms with E-state index in [0.717, 1.165) is 41.7 Å². The number of carbonyl (C=O) groups is 1. The molecule has 1 aliphatic heterocycles. The monoisotopic (exact) mass is 391 g/mol. The fourth-order valence-electron chi connectivity index (χ4n) is 3.69. The Kier molecular flexibility index (Phi) is 5.91. The molecule has 0 bridgehead atoms. The second-order valence-electron chi connectivity index (χ2n) is 7.14. The van der Waals surface area contributed by atoms with E-state index >= 15 is 0 Å². The predicted molar refractivity (Wildman–Crippen MR) is 113 cm³/mol. The predicted octanol–water partition coefficient (Wildman–Crippen LogP) is 4.46. The standard InChI is InChI=1S/C23H25N3O3/c1-28-21-12-3-2-7-18(21)15-26(16-19-10-6-14-29-19)23(27)25-20-11-4-8-17-9-5-13-24-22(17)20/h2-5,7-9,11-13,19H,6,10,14-16H2,1H3,(H,25,27). The average Bonchev–Trinajstić information content (AvgIpc) is 3.27.